The summed E-state index contributed by atoms with van der Waals surface area (Å²) in [7, 11) is 1.33. The highest BCUT2D eigenvalue weighted by atomic mass is 16.5. The zero-order valence-corrected chi connectivity index (χ0v) is 27.2. The lowest BCUT2D eigenvalue weighted by atomic mass is 9.98. The number of alkyl carbamates (subject to hydrolysis) is 1. The van der Waals surface area contributed by atoms with E-state index in [0.717, 1.165) is 71.9 Å². The molecule has 7 rings (SSSR count). The predicted molar refractivity (Wildman–Crippen MR) is 183 cm³/mol. The molecule has 0 aliphatic carbocycles. The number of aromatic amines is 2. The number of aliphatic hydroxyl groups is 1. The number of carbonyl (C=O) groups is 1. The third-order valence-electron chi connectivity index (χ3n) is 9.72. The summed E-state index contributed by atoms with van der Waals surface area (Å²) in [6, 6.07) is 21.5. The Bertz CT molecular complexity index is 1840. The second kappa shape index (κ2) is 13.3. The molecule has 4 atom stereocenters. The van der Waals surface area contributed by atoms with E-state index in [2.05, 4.69) is 86.2 Å². The molecule has 2 aliphatic rings. The minimum Gasteiger partial charge on any atom is -0.453 e. The van der Waals surface area contributed by atoms with Gasteiger partial charge in [0.15, 0.2) is 0 Å². The van der Waals surface area contributed by atoms with Crippen molar-refractivity contribution in [3.63, 3.8) is 0 Å². The summed E-state index contributed by atoms with van der Waals surface area (Å²) in [5.41, 5.74) is 6.49. The number of methoxy groups -OCH3 is 1. The molecule has 2 saturated heterocycles. The monoisotopic (exact) mass is 633 g/mol. The number of rotatable bonds is 9. The van der Waals surface area contributed by atoms with Crippen molar-refractivity contribution < 1.29 is 14.6 Å². The third kappa shape index (κ3) is 6.41. The van der Waals surface area contributed by atoms with Crippen molar-refractivity contribution in [2.24, 2.45) is 5.92 Å². The first kappa shape index (κ1) is 31.1. The summed E-state index contributed by atoms with van der Waals surface area (Å²) in [5, 5.41) is 19.9. The number of hydrogen-bond donors (Lipinski definition) is 5. The van der Waals surface area contributed by atoms with Crippen LogP contribution >= 0.6 is 0 Å². The Labute approximate surface area is 275 Å². The van der Waals surface area contributed by atoms with Gasteiger partial charge in [-0.3, -0.25) is 4.90 Å². The van der Waals surface area contributed by atoms with Crippen molar-refractivity contribution in [2.75, 3.05) is 20.2 Å². The number of nitrogens with zero attached hydrogens (tertiary/aromatic N) is 3. The third-order valence-corrected chi connectivity index (χ3v) is 9.72. The zero-order valence-electron chi connectivity index (χ0n) is 27.2. The molecule has 2 aromatic heterocycles. The maximum absolute atomic E-state index is 12.0. The number of likely N-dealkylation sites (tertiary alicyclic amines) is 1. The SMILES string of the molecule is COC(=O)NC(C(C)C)C(O)N1CCCC1c1ncc(-c2ccc3cc(-c4ccc(-c5cnc(C6CCCN6)[nH]5)cc4)ccc3c2)[nH]1. The number of hydrogen-bond acceptors (Lipinski definition) is 7. The van der Waals surface area contributed by atoms with E-state index in [0.29, 0.717) is 6.04 Å². The Morgan fingerprint density at radius 1 is 0.872 bits per heavy atom. The Morgan fingerprint density at radius 2 is 1.51 bits per heavy atom. The zero-order chi connectivity index (χ0) is 32.5. The summed E-state index contributed by atoms with van der Waals surface area (Å²) in [6.45, 7) is 5.73. The number of aliphatic hydroxyl groups excluding tert-OH is 1. The van der Waals surface area contributed by atoms with Crippen molar-refractivity contribution >= 4 is 16.9 Å². The number of nitrogens with one attached hydrogen (secondary N) is 4. The number of amides is 1. The molecule has 2 aliphatic heterocycles. The predicted octanol–water partition coefficient (Wildman–Crippen LogP) is 6.55. The molecule has 0 spiro atoms. The fourth-order valence-electron chi connectivity index (χ4n) is 7.05. The maximum atomic E-state index is 12.0. The van der Waals surface area contributed by atoms with Gasteiger partial charge in [-0.15, -0.1) is 0 Å². The van der Waals surface area contributed by atoms with Gasteiger partial charge in [0, 0.05) is 12.1 Å². The van der Waals surface area contributed by atoms with Crippen molar-refractivity contribution in [2.45, 2.75) is 63.9 Å². The summed E-state index contributed by atoms with van der Waals surface area (Å²) in [6.07, 6.45) is 6.52. The minimum absolute atomic E-state index is 0.0180. The molecular weight excluding hydrogens is 590 g/mol. The van der Waals surface area contributed by atoms with Crippen molar-refractivity contribution in [1.82, 2.24) is 35.5 Å². The van der Waals surface area contributed by atoms with E-state index >= 15 is 0 Å². The van der Waals surface area contributed by atoms with E-state index in [1.54, 1.807) is 0 Å². The highest BCUT2D eigenvalue weighted by Gasteiger charge is 2.38. The summed E-state index contributed by atoms with van der Waals surface area (Å²) in [4.78, 5) is 30.4. The smallest absolute Gasteiger partial charge is 0.407 e. The van der Waals surface area contributed by atoms with Gasteiger partial charge in [-0.1, -0.05) is 62.4 Å². The van der Waals surface area contributed by atoms with Crippen molar-refractivity contribution in [3.8, 4) is 33.6 Å². The lowest BCUT2D eigenvalue weighted by Crippen LogP contribution is -2.54. The van der Waals surface area contributed by atoms with E-state index in [9.17, 15) is 9.90 Å². The van der Waals surface area contributed by atoms with Gasteiger partial charge in [0.25, 0.3) is 0 Å². The Balaban J connectivity index is 1.06. The van der Waals surface area contributed by atoms with Gasteiger partial charge >= 0.3 is 6.09 Å². The van der Waals surface area contributed by atoms with E-state index in [1.807, 2.05) is 31.1 Å². The van der Waals surface area contributed by atoms with Crippen LogP contribution in [0.25, 0.3) is 44.4 Å². The molecule has 244 valence electrons. The van der Waals surface area contributed by atoms with Crippen LogP contribution < -0.4 is 10.6 Å². The molecule has 0 radical (unpaired) electrons. The van der Waals surface area contributed by atoms with Crippen LogP contribution in [0, 0.1) is 5.92 Å². The van der Waals surface area contributed by atoms with Crippen LogP contribution in [-0.4, -0.2) is 68.5 Å². The summed E-state index contributed by atoms with van der Waals surface area (Å²) >= 11 is 0. The molecule has 10 heteroatoms. The van der Waals surface area contributed by atoms with Crippen LogP contribution in [0.3, 0.4) is 0 Å². The van der Waals surface area contributed by atoms with Gasteiger partial charge in [0.05, 0.1) is 49.0 Å². The first-order valence-electron chi connectivity index (χ1n) is 16.6. The number of aromatic nitrogens is 4. The molecule has 1 amide bonds. The molecule has 47 heavy (non-hydrogen) atoms. The quantitative estimate of drug-likeness (QED) is 0.124. The Morgan fingerprint density at radius 3 is 2.21 bits per heavy atom. The Kier molecular flexibility index (Phi) is 8.81. The van der Waals surface area contributed by atoms with Gasteiger partial charge in [-0.05, 0) is 77.7 Å². The standard InChI is InChI=1S/C37H43N7O3/c1-22(2)33(43-37(46)47-3)36(45)44-17-5-7-32(44)35-40-21-31(42-35)28-15-14-26-18-25(12-13-27(26)19-28)23-8-10-24(11-9-23)30-20-39-34(41-30)29-6-4-16-38-29/h8-15,18-22,29,32-33,36,38,45H,4-7,16-17H2,1-3H3,(H,39,41)(H,40,42)(H,43,46). The lowest BCUT2D eigenvalue weighted by Gasteiger charge is -2.35. The average Bonchev–Trinajstić information content (AvgIpc) is 3.93. The van der Waals surface area contributed by atoms with E-state index in [1.165, 1.54) is 30.0 Å². The summed E-state index contributed by atoms with van der Waals surface area (Å²) < 4.78 is 4.80. The van der Waals surface area contributed by atoms with E-state index in [4.69, 9.17) is 9.72 Å². The van der Waals surface area contributed by atoms with Gasteiger partial charge in [0.2, 0.25) is 0 Å². The molecule has 0 bridgehead atoms. The lowest BCUT2D eigenvalue weighted by molar-refractivity contribution is -0.0440. The van der Waals surface area contributed by atoms with Crippen molar-refractivity contribution in [3.05, 3.63) is 84.7 Å². The second-order valence-corrected chi connectivity index (χ2v) is 13.1. The molecule has 3 aromatic carbocycles. The molecule has 5 N–H and O–H groups in total. The van der Waals surface area contributed by atoms with Gasteiger partial charge in [-0.2, -0.15) is 0 Å². The second-order valence-electron chi connectivity index (χ2n) is 13.1. The van der Waals surface area contributed by atoms with Gasteiger partial charge in [-0.25, -0.2) is 14.8 Å². The molecule has 0 saturated carbocycles. The van der Waals surface area contributed by atoms with Gasteiger partial charge < -0.3 is 30.4 Å². The average molecular weight is 634 g/mol. The van der Waals surface area contributed by atoms with Crippen LogP contribution in [-0.2, 0) is 4.74 Å². The van der Waals surface area contributed by atoms with Crippen LogP contribution in [0.5, 0.6) is 0 Å². The first-order chi connectivity index (χ1) is 22.9. The number of imidazole rings is 2. The van der Waals surface area contributed by atoms with Crippen molar-refractivity contribution in [1.29, 1.82) is 0 Å². The number of carbonyl (C=O) groups excluding carboxylic acids is 1. The summed E-state index contributed by atoms with van der Waals surface area (Å²) in [5.74, 6) is 1.85. The molecule has 5 aromatic rings. The largest absolute Gasteiger partial charge is 0.453 e. The van der Waals surface area contributed by atoms with Crippen LogP contribution in [0.2, 0.25) is 0 Å². The highest BCUT2D eigenvalue weighted by Crippen LogP contribution is 2.35. The molecule has 10 nitrogen and oxygen atoms in total. The normalized spacial score (nSPS) is 19.8. The van der Waals surface area contributed by atoms with E-state index in [-0.39, 0.29) is 12.0 Å². The molecular formula is C37H43N7O3. The van der Waals surface area contributed by atoms with Crippen LogP contribution in [0.1, 0.15) is 63.3 Å². The Hall–Kier alpha value is -4.51. The number of benzene rings is 3. The number of fused-ring (bicyclic) bond motifs is 1. The van der Waals surface area contributed by atoms with E-state index < -0.39 is 18.4 Å². The molecule has 4 unspecified atom stereocenters. The van der Waals surface area contributed by atoms with Crippen LogP contribution in [0.4, 0.5) is 4.79 Å². The number of H-pyrrole nitrogens is 2. The fourth-order valence-corrected chi connectivity index (χ4v) is 7.05. The van der Waals surface area contributed by atoms with Gasteiger partial charge in [0.1, 0.15) is 17.9 Å². The fraction of sp³-hybridized carbons (Fsp3) is 0.378. The first-order valence-corrected chi connectivity index (χ1v) is 16.6. The highest BCUT2D eigenvalue weighted by molar-refractivity contribution is 5.90. The van der Waals surface area contributed by atoms with Crippen LogP contribution in [0.15, 0.2) is 73.1 Å². The molecule has 2 fully saturated rings. The topological polar surface area (TPSA) is 131 Å². The molecule has 4 heterocycles. The maximum Gasteiger partial charge on any atom is 0.407 e. The minimum atomic E-state index is -0.862. The number of ether oxygens (including phenoxy) is 1.